The van der Waals surface area contributed by atoms with E-state index in [9.17, 15) is 4.79 Å². The number of ether oxygens (including phenoxy) is 2. The van der Waals surface area contributed by atoms with Crippen molar-refractivity contribution in [2.45, 2.75) is 20.3 Å². The summed E-state index contributed by atoms with van der Waals surface area (Å²) < 4.78 is 17.2. The van der Waals surface area contributed by atoms with E-state index in [1.54, 1.807) is 25.0 Å². The zero-order valence-corrected chi connectivity index (χ0v) is 18.3. The summed E-state index contributed by atoms with van der Waals surface area (Å²) >= 11 is 1.50. The molecule has 1 saturated heterocycles. The van der Waals surface area contributed by atoms with Gasteiger partial charge >= 0.3 is 0 Å². The fourth-order valence-corrected chi connectivity index (χ4v) is 4.61. The average molecular weight is 431 g/mol. The van der Waals surface area contributed by atoms with Gasteiger partial charge in [-0.05, 0) is 31.9 Å². The molecule has 9 heteroatoms. The molecule has 4 rings (SSSR count). The maximum Gasteiger partial charge on any atom is 0.298 e. The Labute approximate surface area is 179 Å². The molecule has 0 saturated carbocycles. The average Bonchev–Trinajstić information content (AvgIpc) is 3.39. The third-order valence-corrected chi connectivity index (χ3v) is 6.40. The quantitative estimate of drug-likeness (QED) is 0.569. The summed E-state index contributed by atoms with van der Waals surface area (Å²) in [5.74, 6) is 0.699. The Balaban J connectivity index is 1.61. The van der Waals surface area contributed by atoms with Crippen LogP contribution in [0.25, 0.3) is 10.2 Å². The maximum absolute atomic E-state index is 13.3. The Hall–Kier alpha value is -2.49. The van der Waals surface area contributed by atoms with E-state index in [1.165, 1.54) is 11.3 Å². The highest BCUT2D eigenvalue weighted by atomic mass is 32.1. The number of methoxy groups -OCH3 is 1. The number of amides is 1. The molecule has 0 bridgehead atoms. The summed E-state index contributed by atoms with van der Waals surface area (Å²) in [6.45, 7) is 8.64. The van der Waals surface area contributed by atoms with Crippen LogP contribution in [0.5, 0.6) is 5.75 Å². The van der Waals surface area contributed by atoms with Crippen LogP contribution in [0, 0.1) is 13.8 Å². The van der Waals surface area contributed by atoms with Crippen molar-refractivity contribution in [3.63, 3.8) is 0 Å². The minimum atomic E-state index is -0.228. The number of fused-ring (bicyclic) bond motifs is 1. The lowest BCUT2D eigenvalue weighted by atomic mass is 10.2. The van der Waals surface area contributed by atoms with E-state index in [1.807, 2.05) is 19.1 Å². The largest absolute Gasteiger partial charge is 0.494 e. The lowest BCUT2D eigenvalue weighted by Crippen LogP contribution is -2.39. The van der Waals surface area contributed by atoms with E-state index in [-0.39, 0.29) is 11.7 Å². The maximum atomic E-state index is 13.3. The van der Waals surface area contributed by atoms with Gasteiger partial charge < -0.3 is 14.0 Å². The third kappa shape index (κ3) is 4.33. The predicted molar refractivity (Wildman–Crippen MR) is 116 cm³/mol. The lowest BCUT2D eigenvalue weighted by molar-refractivity contribution is 0.0376. The number of aryl methyl sites for hydroxylation is 2. The van der Waals surface area contributed by atoms with E-state index in [0.717, 1.165) is 55.0 Å². The molecule has 0 N–H and O–H groups in total. The van der Waals surface area contributed by atoms with Gasteiger partial charge in [0.1, 0.15) is 11.3 Å². The molecule has 8 nitrogen and oxygen atoms in total. The highest BCUT2D eigenvalue weighted by Crippen LogP contribution is 2.37. The fraction of sp³-hybridized carbons (Fsp3) is 0.476. The van der Waals surface area contributed by atoms with Crippen LogP contribution in [0.3, 0.4) is 0 Å². The Morgan fingerprint density at radius 3 is 2.80 bits per heavy atom. The minimum Gasteiger partial charge on any atom is -0.494 e. The van der Waals surface area contributed by atoms with Gasteiger partial charge in [-0.3, -0.25) is 14.6 Å². The van der Waals surface area contributed by atoms with Gasteiger partial charge in [0.2, 0.25) is 5.76 Å². The number of carbonyl (C=O) groups is 1. The molecule has 0 atom stereocenters. The number of thiazole rings is 1. The van der Waals surface area contributed by atoms with E-state index in [4.69, 9.17) is 19.0 Å². The number of carbonyl (C=O) groups excluding carboxylic acids is 1. The second-order valence-corrected chi connectivity index (χ2v) is 8.33. The molecule has 1 aliphatic heterocycles. The van der Waals surface area contributed by atoms with Gasteiger partial charge in [-0.15, -0.1) is 0 Å². The molecule has 0 spiro atoms. The van der Waals surface area contributed by atoms with E-state index >= 15 is 0 Å². The van der Waals surface area contributed by atoms with E-state index < -0.39 is 0 Å². The first kappa shape index (κ1) is 20.8. The normalized spacial score (nSPS) is 14.9. The molecular formula is C21H26N4O4S. The molecule has 3 aromatic rings. The topological polar surface area (TPSA) is 80.9 Å². The summed E-state index contributed by atoms with van der Waals surface area (Å²) in [5.41, 5.74) is 2.55. The monoisotopic (exact) mass is 430 g/mol. The van der Waals surface area contributed by atoms with E-state index in [2.05, 4.69) is 10.1 Å². The number of rotatable bonds is 7. The first-order valence-corrected chi connectivity index (χ1v) is 10.9. The fourth-order valence-electron chi connectivity index (χ4n) is 3.54. The Bertz CT molecular complexity index is 1030. The number of benzene rings is 1. The van der Waals surface area contributed by atoms with Crippen LogP contribution in [-0.2, 0) is 4.74 Å². The second-order valence-electron chi connectivity index (χ2n) is 7.36. The molecule has 1 aromatic carbocycles. The highest BCUT2D eigenvalue weighted by molar-refractivity contribution is 7.22. The number of nitrogens with zero attached hydrogens (tertiary/aromatic N) is 4. The number of morpholine rings is 1. The number of hydrogen-bond acceptors (Lipinski definition) is 8. The van der Waals surface area contributed by atoms with Gasteiger partial charge in [0.05, 0.1) is 30.7 Å². The first-order chi connectivity index (χ1) is 14.6. The lowest BCUT2D eigenvalue weighted by Gasteiger charge is -2.27. The van der Waals surface area contributed by atoms with Gasteiger partial charge in [0, 0.05) is 32.2 Å². The summed E-state index contributed by atoms with van der Waals surface area (Å²) in [4.78, 5) is 22.1. The van der Waals surface area contributed by atoms with Crippen molar-refractivity contribution in [3.05, 3.63) is 35.2 Å². The van der Waals surface area contributed by atoms with Crippen molar-refractivity contribution < 1.29 is 18.8 Å². The Kier molecular flexibility index (Phi) is 6.31. The van der Waals surface area contributed by atoms with Crippen LogP contribution in [0.15, 0.2) is 22.7 Å². The van der Waals surface area contributed by atoms with Crippen molar-refractivity contribution in [1.82, 2.24) is 15.0 Å². The number of hydrogen-bond donors (Lipinski definition) is 0. The van der Waals surface area contributed by atoms with Gasteiger partial charge in [-0.2, -0.15) is 0 Å². The zero-order chi connectivity index (χ0) is 21.1. The van der Waals surface area contributed by atoms with Gasteiger partial charge in [-0.25, -0.2) is 4.98 Å². The smallest absolute Gasteiger partial charge is 0.298 e. The van der Waals surface area contributed by atoms with Crippen LogP contribution in [0.2, 0.25) is 0 Å². The molecule has 2 aromatic heterocycles. The van der Waals surface area contributed by atoms with Crippen molar-refractivity contribution >= 4 is 32.6 Å². The van der Waals surface area contributed by atoms with Gasteiger partial charge in [0.15, 0.2) is 5.13 Å². The minimum absolute atomic E-state index is 0.224. The molecule has 1 fully saturated rings. The van der Waals surface area contributed by atoms with Gasteiger partial charge in [-0.1, -0.05) is 22.6 Å². The Morgan fingerprint density at radius 2 is 2.10 bits per heavy atom. The molecule has 1 aliphatic rings. The molecule has 3 heterocycles. The van der Waals surface area contributed by atoms with Crippen molar-refractivity contribution in [2.75, 3.05) is 51.4 Å². The molecule has 30 heavy (non-hydrogen) atoms. The molecular weight excluding hydrogens is 404 g/mol. The van der Waals surface area contributed by atoms with E-state index in [0.29, 0.717) is 23.1 Å². The Morgan fingerprint density at radius 1 is 1.30 bits per heavy atom. The third-order valence-electron chi connectivity index (χ3n) is 5.19. The molecule has 0 aliphatic carbocycles. The predicted octanol–water partition coefficient (Wildman–Crippen LogP) is 3.28. The number of aromatic nitrogens is 2. The SMILES string of the molecule is COc1ccc(C)c2sc(N(CCCN3CCOCC3)C(=O)c3cc(C)no3)nc12. The van der Waals surface area contributed by atoms with Crippen molar-refractivity contribution in [3.8, 4) is 5.75 Å². The van der Waals surface area contributed by atoms with Crippen LogP contribution in [0.4, 0.5) is 5.13 Å². The van der Waals surface area contributed by atoms with Crippen LogP contribution < -0.4 is 9.64 Å². The van der Waals surface area contributed by atoms with Crippen molar-refractivity contribution in [1.29, 1.82) is 0 Å². The van der Waals surface area contributed by atoms with Crippen LogP contribution in [0.1, 0.15) is 28.2 Å². The summed E-state index contributed by atoms with van der Waals surface area (Å²) in [6.07, 6.45) is 0.824. The molecule has 1 amide bonds. The molecule has 0 unspecified atom stereocenters. The summed E-state index contributed by atoms with van der Waals surface area (Å²) in [7, 11) is 1.63. The van der Waals surface area contributed by atoms with Crippen LogP contribution in [-0.4, -0.2) is 67.5 Å². The molecule has 160 valence electrons. The van der Waals surface area contributed by atoms with Crippen molar-refractivity contribution in [2.24, 2.45) is 0 Å². The standard InChI is InChI=1S/C21H26N4O4S/c1-14-5-6-16(27-3)18-19(14)30-21(22-18)25(20(26)17-13-15(2)23-29-17)8-4-7-24-9-11-28-12-10-24/h5-6,13H,4,7-12H2,1-3H3. The zero-order valence-electron chi connectivity index (χ0n) is 17.5. The summed E-state index contributed by atoms with van der Waals surface area (Å²) in [6, 6.07) is 5.58. The van der Waals surface area contributed by atoms with Crippen LogP contribution >= 0.6 is 11.3 Å². The number of anilines is 1. The first-order valence-electron chi connectivity index (χ1n) is 10.1. The summed E-state index contributed by atoms with van der Waals surface area (Å²) in [5, 5.41) is 4.51. The highest BCUT2D eigenvalue weighted by Gasteiger charge is 2.26. The second kappa shape index (κ2) is 9.11. The van der Waals surface area contributed by atoms with Gasteiger partial charge in [0.25, 0.3) is 5.91 Å². The molecule has 0 radical (unpaired) electrons.